The highest BCUT2D eigenvalue weighted by molar-refractivity contribution is 7.85. The summed E-state index contributed by atoms with van der Waals surface area (Å²) in [4.78, 5) is 11.5. The SMILES string of the molecule is Nc1ccc(=O)n(CCCS(=O)CC2CCCO2)c1. The first kappa shape index (κ1) is 14.3. The van der Waals surface area contributed by atoms with Crippen LogP contribution in [-0.4, -0.2) is 33.0 Å². The van der Waals surface area contributed by atoms with E-state index in [1.165, 1.54) is 6.07 Å². The van der Waals surface area contributed by atoms with Crippen molar-refractivity contribution in [2.45, 2.75) is 31.9 Å². The molecular weight excluding hydrogens is 264 g/mol. The van der Waals surface area contributed by atoms with Crippen LogP contribution in [0.5, 0.6) is 0 Å². The monoisotopic (exact) mass is 284 g/mol. The van der Waals surface area contributed by atoms with Crippen molar-refractivity contribution in [3.05, 3.63) is 28.7 Å². The molecule has 0 radical (unpaired) electrons. The summed E-state index contributed by atoms with van der Waals surface area (Å²) in [5.74, 6) is 1.22. The van der Waals surface area contributed by atoms with Gasteiger partial charge in [-0.2, -0.15) is 0 Å². The van der Waals surface area contributed by atoms with Crippen LogP contribution in [0.1, 0.15) is 19.3 Å². The van der Waals surface area contributed by atoms with Gasteiger partial charge < -0.3 is 15.0 Å². The molecule has 0 aromatic carbocycles. The van der Waals surface area contributed by atoms with Crippen molar-refractivity contribution in [3.8, 4) is 0 Å². The molecule has 0 bridgehead atoms. The Kier molecular flexibility index (Phi) is 5.15. The molecule has 0 spiro atoms. The van der Waals surface area contributed by atoms with Crippen LogP contribution in [0.4, 0.5) is 5.69 Å². The first-order chi connectivity index (χ1) is 9.15. The molecule has 0 amide bonds. The second-order valence-corrected chi connectivity index (χ2v) is 6.41. The smallest absolute Gasteiger partial charge is 0.250 e. The Labute approximate surface area is 115 Å². The van der Waals surface area contributed by atoms with E-state index >= 15 is 0 Å². The Bertz CT molecular complexity index is 495. The number of anilines is 1. The molecule has 2 unspecified atom stereocenters. The molecule has 0 saturated carbocycles. The van der Waals surface area contributed by atoms with Gasteiger partial charge in [0, 0.05) is 53.4 Å². The third kappa shape index (κ3) is 4.47. The van der Waals surface area contributed by atoms with Gasteiger partial charge in [0.15, 0.2) is 0 Å². The van der Waals surface area contributed by atoms with E-state index in [-0.39, 0.29) is 11.7 Å². The number of hydrogen-bond donors (Lipinski definition) is 1. The molecule has 2 N–H and O–H groups in total. The van der Waals surface area contributed by atoms with Crippen molar-refractivity contribution < 1.29 is 8.95 Å². The number of nitrogen functional groups attached to an aromatic ring is 1. The van der Waals surface area contributed by atoms with Crippen molar-refractivity contribution in [2.75, 3.05) is 23.8 Å². The quantitative estimate of drug-likeness (QED) is 0.836. The molecule has 19 heavy (non-hydrogen) atoms. The Morgan fingerprint density at radius 3 is 3.05 bits per heavy atom. The molecular formula is C13H20N2O3S. The average molecular weight is 284 g/mol. The van der Waals surface area contributed by atoms with Crippen molar-refractivity contribution >= 4 is 16.5 Å². The third-order valence-corrected chi connectivity index (χ3v) is 4.66. The Morgan fingerprint density at radius 1 is 1.47 bits per heavy atom. The molecule has 1 aromatic rings. The van der Waals surface area contributed by atoms with E-state index in [0.717, 1.165) is 19.4 Å². The van der Waals surface area contributed by atoms with Gasteiger partial charge in [-0.15, -0.1) is 0 Å². The van der Waals surface area contributed by atoms with Gasteiger partial charge in [-0.25, -0.2) is 0 Å². The fourth-order valence-corrected chi connectivity index (χ4v) is 3.48. The molecule has 106 valence electrons. The standard InChI is InChI=1S/C13H20N2O3S/c14-11-4-5-13(16)15(9-11)6-2-8-19(17)10-12-3-1-7-18-12/h4-5,9,12H,1-3,6-8,10,14H2. The number of nitrogens with zero attached hydrogens (tertiary/aromatic N) is 1. The van der Waals surface area contributed by atoms with Crippen LogP contribution >= 0.6 is 0 Å². The number of pyridine rings is 1. The van der Waals surface area contributed by atoms with Gasteiger partial charge in [-0.1, -0.05) is 0 Å². The number of nitrogens with two attached hydrogens (primary N) is 1. The fraction of sp³-hybridized carbons (Fsp3) is 0.615. The minimum absolute atomic E-state index is 0.0703. The van der Waals surface area contributed by atoms with Crippen molar-refractivity contribution in [2.24, 2.45) is 0 Å². The van der Waals surface area contributed by atoms with Crippen LogP contribution in [-0.2, 0) is 22.1 Å². The summed E-state index contributed by atoms with van der Waals surface area (Å²) in [6.07, 6.45) is 4.59. The lowest BCUT2D eigenvalue weighted by Crippen LogP contribution is -2.21. The molecule has 2 rings (SSSR count). The summed E-state index contributed by atoms with van der Waals surface area (Å²) >= 11 is 0. The highest BCUT2D eigenvalue weighted by atomic mass is 32.2. The average Bonchev–Trinajstić information content (AvgIpc) is 2.86. The lowest BCUT2D eigenvalue weighted by atomic mass is 10.3. The van der Waals surface area contributed by atoms with Gasteiger partial charge in [0.2, 0.25) is 0 Å². The van der Waals surface area contributed by atoms with Crippen LogP contribution in [0.15, 0.2) is 23.1 Å². The van der Waals surface area contributed by atoms with Gasteiger partial charge in [0.05, 0.1) is 6.10 Å². The maximum atomic E-state index is 11.9. The van der Waals surface area contributed by atoms with Gasteiger partial charge in [0.25, 0.3) is 5.56 Å². The molecule has 1 aliphatic rings. The largest absolute Gasteiger partial charge is 0.398 e. The van der Waals surface area contributed by atoms with Crippen LogP contribution in [0.25, 0.3) is 0 Å². The zero-order chi connectivity index (χ0) is 13.7. The van der Waals surface area contributed by atoms with Crippen molar-refractivity contribution in [1.82, 2.24) is 4.57 Å². The first-order valence-corrected chi connectivity index (χ1v) is 8.06. The highest BCUT2D eigenvalue weighted by Gasteiger charge is 2.17. The zero-order valence-electron chi connectivity index (χ0n) is 10.9. The summed E-state index contributed by atoms with van der Waals surface area (Å²) in [7, 11) is -0.867. The number of rotatable bonds is 6. The molecule has 1 aliphatic heterocycles. The summed E-state index contributed by atoms with van der Waals surface area (Å²) < 4.78 is 18.9. The summed E-state index contributed by atoms with van der Waals surface area (Å²) in [5.41, 5.74) is 6.13. The minimum atomic E-state index is -0.867. The Hall–Kier alpha value is -1.14. The summed E-state index contributed by atoms with van der Waals surface area (Å²) in [6, 6.07) is 3.05. The molecule has 6 heteroatoms. The second-order valence-electron chi connectivity index (χ2n) is 4.79. The number of ether oxygens (including phenoxy) is 1. The van der Waals surface area contributed by atoms with E-state index in [1.54, 1.807) is 16.8 Å². The normalized spacial score (nSPS) is 20.5. The fourth-order valence-electron chi connectivity index (χ4n) is 2.19. The van der Waals surface area contributed by atoms with Crippen LogP contribution in [0, 0.1) is 0 Å². The number of aromatic nitrogens is 1. The summed E-state index contributed by atoms with van der Waals surface area (Å²) in [5, 5.41) is 0. The Morgan fingerprint density at radius 2 is 2.32 bits per heavy atom. The third-order valence-electron chi connectivity index (χ3n) is 3.17. The second kappa shape index (κ2) is 6.86. The van der Waals surface area contributed by atoms with E-state index in [1.807, 2.05) is 0 Å². The predicted octanol–water partition coefficient (Wildman–Crippen LogP) is 0.748. The number of aryl methyl sites for hydroxylation is 1. The molecule has 2 heterocycles. The van der Waals surface area contributed by atoms with Gasteiger partial charge in [-0.05, 0) is 25.3 Å². The first-order valence-electron chi connectivity index (χ1n) is 6.58. The van der Waals surface area contributed by atoms with E-state index in [2.05, 4.69) is 0 Å². The van der Waals surface area contributed by atoms with Crippen LogP contribution in [0.3, 0.4) is 0 Å². The molecule has 2 atom stereocenters. The molecule has 0 aliphatic carbocycles. The van der Waals surface area contributed by atoms with E-state index in [4.69, 9.17) is 10.5 Å². The summed E-state index contributed by atoms with van der Waals surface area (Å²) in [6.45, 7) is 1.35. The molecule has 1 saturated heterocycles. The van der Waals surface area contributed by atoms with E-state index in [0.29, 0.717) is 30.2 Å². The maximum Gasteiger partial charge on any atom is 0.250 e. The highest BCUT2D eigenvalue weighted by Crippen LogP contribution is 2.13. The molecule has 5 nitrogen and oxygen atoms in total. The predicted molar refractivity (Wildman–Crippen MR) is 76.6 cm³/mol. The van der Waals surface area contributed by atoms with Gasteiger partial charge in [0.1, 0.15) is 0 Å². The lowest BCUT2D eigenvalue weighted by Gasteiger charge is -2.09. The van der Waals surface area contributed by atoms with Gasteiger partial charge in [-0.3, -0.25) is 9.00 Å². The maximum absolute atomic E-state index is 11.9. The number of hydrogen-bond acceptors (Lipinski definition) is 4. The van der Waals surface area contributed by atoms with Crippen LogP contribution in [0.2, 0.25) is 0 Å². The topological polar surface area (TPSA) is 74.3 Å². The molecule has 1 aromatic heterocycles. The minimum Gasteiger partial charge on any atom is -0.398 e. The van der Waals surface area contributed by atoms with Gasteiger partial charge >= 0.3 is 0 Å². The Balaban J connectivity index is 1.75. The van der Waals surface area contributed by atoms with E-state index < -0.39 is 10.8 Å². The van der Waals surface area contributed by atoms with E-state index in [9.17, 15) is 9.00 Å². The van der Waals surface area contributed by atoms with Crippen molar-refractivity contribution in [3.63, 3.8) is 0 Å². The van der Waals surface area contributed by atoms with Crippen molar-refractivity contribution in [1.29, 1.82) is 0 Å². The lowest BCUT2D eigenvalue weighted by molar-refractivity contribution is 0.128. The van der Waals surface area contributed by atoms with Crippen LogP contribution < -0.4 is 11.3 Å². The zero-order valence-corrected chi connectivity index (χ0v) is 11.7. The molecule has 1 fully saturated rings.